The number of ketones is 1. The maximum atomic E-state index is 12.2. The van der Waals surface area contributed by atoms with Crippen LogP contribution in [-0.4, -0.2) is 19.4 Å². The summed E-state index contributed by atoms with van der Waals surface area (Å²) in [6, 6.07) is 5.09. The Kier molecular flexibility index (Phi) is 2.91. The van der Waals surface area contributed by atoms with Crippen LogP contribution in [0.1, 0.15) is 23.2 Å². The minimum atomic E-state index is -0.321. The summed E-state index contributed by atoms with van der Waals surface area (Å²) in [5.74, 6) is 0.630. The van der Waals surface area contributed by atoms with Crippen LogP contribution in [0.5, 0.6) is 5.75 Å². The Morgan fingerprint density at radius 2 is 2.25 bits per heavy atom. The lowest BCUT2D eigenvalue weighted by Crippen LogP contribution is -2.25. The van der Waals surface area contributed by atoms with E-state index in [0.717, 1.165) is 12.8 Å². The molecule has 0 aromatic heterocycles. The van der Waals surface area contributed by atoms with Crippen molar-refractivity contribution in [1.82, 2.24) is 0 Å². The van der Waals surface area contributed by atoms with Gasteiger partial charge in [-0.3, -0.25) is 4.79 Å². The van der Waals surface area contributed by atoms with Crippen molar-refractivity contribution in [2.45, 2.75) is 12.8 Å². The zero-order chi connectivity index (χ0) is 11.8. The third kappa shape index (κ3) is 1.81. The van der Waals surface area contributed by atoms with Gasteiger partial charge in [-0.25, -0.2) is 0 Å². The van der Waals surface area contributed by atoms with Crippen molar-refractivity contribution in [3.8, 4) is 5.75 Å². The second-order valence-corrected chi connectivity index (χ2v) is 4.57. The Labute approximate surface area is 99.5 Å². The maximum absolute atomic E-state index is 12.2. The molecule has 3 nitrogen and oxygen atoms in total. The zero-order valence-electron chi connectivity index (χ0n) is 9.13. The van der Waals surface area contributed by atoms with E-state index in [4.69, 9.17) is 22.1 Å². The highest BCUT2D eigenvalue weighted by atomic mass is 35.5. The minimum absolute atomic E-state index is 0.102. The van der Waals surface area contributed by atoms with E-state index in [2.05, 4.69) is 0 Å². The average molecular weight is 240 g/mol. The Balaban J connectivity index is 2.31. The molecule has 0 atom stereocenters. The van der Waals surface area contributed by atoms with Gasteiger partial charge in [-0.05, 0) is 31.0 Å². The molecule has 0 radical (unpaired) electrons. The van der Waals surface area contributed by atoms with Crippen molar-refractivity contribution >= 4 is 17.4 Å². The van der Waals surface area contributed by atoms with Gasteiger partial charge in [-0.1, -0.05) is 11.6 Å². The summed E-state index contributed by atoms with van der Waals surface area (Å²) in [4.78, 5) is 12.2. The Hall–Kier alpha value is -1.06. The summed E-state index contributed by atoms with van der Waals surface area (Å²) in [5.41, 5.74) is 5.94. The first kappa shape index (κ1) is 11.4. The van der Waals surface area contributed by atoms with Gasteiger partial charge < -0.3 is 10.5 Å². The third-order valence-corrected chi connectivity index (χ3v) is 3.45. The predicted molar refractivity (Wildman–Crippen MR) is 63.1 cm³/mol. The number of methoxy groups -OCH3 is 1. The first-order valence-corrected chi connectivity index (χ1v) is 5.59. The molecule has 1 saturated carbocycles. The third-order valence-electron chi connectivity index (χ3n) is 3.14. The second kappa shape index (κ2) is 4.07. The van der Waals surface area contributed by atoms with Crippen molar-refractivity contribution in [2.24, 2.45) is 11.1 Å². The molecule has 2 rings (SSSR count). The molecule has 4 heteroatoms. The molecule has 1 aliphatic carbocycles. The van der Waals surface area contributed by atoms with Crippen molar-refractivity contribution in [3.63, 3.8) is 0 Å². The molecule has 1 aromatic carbocycles. The molecule has 1 aromatic rings. The van der Waals surface area contributed by atoms with Crippen LogP contribution in [0.3, 0.4) is 0 Å². The van der Waals surface area contributed by atoms with Crippen LogP contribution in [0.25, 0.3) is 0 Å². The molecule has 0 spiro atoms. The van der Waals surface area contributed by atoms with Gasteiger partial charge in [0.2, 0.25) is 0 Å². The van der Waals surface area contributed by atoms with E-state index in [1.54, 1.807) is 18.2 Å². The van der Waals surface area contributed by atoms with Crippen molar-refractivity contribution in [1.29, 1.82) is 0 Å². The van der Waals surface area contributed by atoms with E-state index in [0.29, 0.717) is 22.9 Å². The summed E-state index contributed by atoms with van der Waals surface area (Å²) < 4.78 is 5.09. The lowest BCUT2D eigenvalue weighted by molar-refractivity contribution is 0.0905. The van der Waals surface area contributed by atoms with Gasteiger partial charge in [-0.15, -0.1) is 0 Å². The van der Waals surface area contributed by atoms with Crippen molar-refractivity contribution in [2.75, 3.05) is 13.7 Å². The normalized spacial score (nSPS) is 16.9. The van der Waals surface area contributed by atoms with Crippen LogP contribution in [0.15, 0.2) is 18.2 Å². The Bertz CT molecular complexity index is 427. The Morgan fingerprint density at radius 3 is 2.75 bits per heavy atom. The van der Waals surface area contributed by atoms with E-state index < -0.39 is 0 Å². The molecule has 0 aliphatic heterocycles. The molecule has 0 unspecified atom stereocenters. The van der Waals surface area contributed by atoms with Crippen molar-refractivity contribution in [3.05, 3.63) is 28.8 Å². The van der Waals surface area contributed by atoms with Gasteiger partial charge in [0, 0.05) is 17.5 Å². The highest BCUT2D eigenvalue weighted by Crippen LogP contribution is 2.47. The summed E-state index contributed by atoms with van der Waals surface area (Å²) in [5, 5.41) is 0.511. The number of benzene rings is 1. The monoisotopic (exact) mass is 239 g/mol. The van der Waals surface area contributed by atoms with Gasteiger partial charge in [0.05, 0.1) is 12.1 Å². The quantitative estimate of drug-likeness (QED) is 0.820. The van der Waals surface area contributed by atoms with Gasteiger partial charge in [0.1, 0.15) is 5.75 Å². The van der Waals surface area contributed by atoms with Gasteiger partial charge in [-0.2, -0.15) is 0 Å². The smallest absolute Gasteiger partial charge is 0.170 e. The largest absolute Gasteiger partial charge is 0.495 e. The number of hydrogen-bond acceptors (Lipinski definition) is 3. The van der Waals surface area contributed by atoms with Crippen molar-refractivity contribution < 1.29 is 9.53 Å². The summed E-state index contributed by atoms with van der Waals surface area (Å²) in [6.45, 7) is 0.413. The van der Waals surface area contributed by atoms with E-state index in [1.807, 2.05) is 0 Å². The van der Waals surface area contributed by atoms with Gasteiger partial charge >= 0.3 is 0 Å². The predicted octanol–water partition coefficient (Wildman–Crippen LogP) is 2.27. The molecule has 0 heterocycles. The summed E-state index contributed by atoms with van der Waals surface area (Å²) >= 11 is 5.90. The molecule has 0 saturated heterocycles. The van der Waals surface area contributed by atoms with Crippen LogP contribution in [0, 0.1) is 5.41 Å². The van der Waals surface area contributed by atoms with Gasteiger partial charge in [0.25, 0.3) is 0 Å². The first-order valence-electron chi connectivity index (χ1n) is 5.21. The Morgan fingerprint density at radius 1 is 1.56 bits per heavy atom. The number of carbonyl (C=O) groups is 1. The van der Waals surface area contributed by atoms with Crippen LogP contribution in [-0.2, 0) is 0 Å². The van der Waals surface area contributed by atoms with E-state index in [1.165, 1.54) is 7.11 Å². The molecular formula is C12H14ClNO2. The van der Waals surface area contributed by atoms with Crippen LogP contribution < -0.4 is 10.5 Å². The first-order chi connectivity index (χ1) is 7.63. The number of carbonyl (C=O) groups excluding carboxylic acids is 1. The molecule has 2 N–H and O–H groups in total. The molecule has 86 valence electrons. The molecular weight excluding hydrogens is 226 g/mol. The fourth-order valence-corrected chi connectivity index (χ4v) is 1.98. The van der Waals surface area contributed by atoms with E-state index in [-0.39, 0.29) is 11.2 Å². The van der Waals surface area contributed by atoms with Crippen LogP contribution in [0.2, 0.25) is 5.02 Å². The highest BCUT2D eigenvalue weighted by Gasteiger charge is 2.48. The zero-order valence-corrected chi connectivity index (χ0v) is 9.88. The number of ether oxygens (including phenoxy) is 1. The topological polar surface area (TPSA) is 52.3 Å². The number of Topliss-reactive ketones (excluding diaryl/α,β-unsaturated/α-hetero) is 1. The second-order valence-electron chi connectivity index (χ2n) is 4.16. The fourth-order valence-electron chi connectivity index (χ4n) is 1.78. The fraction of sp³-hybridized carbons (Fsp3) is 0.417. The lowest BCUT2D eigenvalue weighted by atomic mass is 9.95. The number of hydrogen-bond donors (Lipinski definition) is 1. The SMILES string of the molecule is COc1cc(C(=O)C2(CN)CC2)ccc1Cl. The van der Waals surface area contributed by atoms with Crippen LogP contribution in [0.4, 0.5) is 0 Å². The van der Waals surface area contributed by atoms with Crippen LogP contribution >= 0.6 is 11.6 Å². The maximum Gasteiger partial charge on any atom is 0.170 e. The average Bonchev–Trinajstić information content (AvgIpc) is 3.09. The van der Waals surface area contributed by atoms with Gasteiger partial charge in [0.15, 0.2) is 5.78 Å². The number of rotatable bonds is 4. The standard InChI is InChI=1S/C12H14ClNO2/c1-16-10-6-8(2-3-9(10)13)11(15)12(7-14)4-5-12/h2-3,6H,4-5,7,14H2,1H3. The lowest BCUT2D eigenvalue weighted by Gasteiger charge is -2.12. The molecule has 0 amide bonds. The minimum Gasteiger partial charge on any atom is -0.495 e. The molecule has 16 heavy (non-hydrogen) atoms. The highest BCUT2D eigenvalue weighted by molar-refractivity contribution is 6.32. The summed E-state index contributed by atoms with van der Waals surface area (Å²) in [6.07, 6.45) is 1.76. The molecule has 0 bridgehead atoms. The number of nitrogens with two attached hydrogens (primary N) is 1. The molecule has 1 fully saturated rings. The molecule has 1 aliphatic rings. The van der Waals surface area contributed by atoms with E-state index in [9.17, 15) is 4.79 Å². The van der Waals surface area contributed by atoms with E-state index >= 15 is 0 Å². The summed E-state index contributed by atoms with van der Waals surface area (Å²) in [7, 11) is 1.53. The number of halogens is 1.